The predicted molar refractivity (Wildman–Crippen MR) is 86.5 cm³/mol. The van der Waals surface area contributed by atoms with Crippen LogP contribution in [-0.2, 0) is 0 Å². The van der Waals surface area contributed by atoms with Gasteiger partial charge in [-0.3, -0.25) is 4.79 Å². The van der Waals surface area contributed by atoms with Gasteiger partial charge in [-0.25, -0.2) is 0 Å². The number of amides is 1. The SMILES string of the molecule is CC(NC(=O)c1ccc(Cl)cc1Br)c1ccccc1Cl. The lowest BCUT2D eigenvalue weighted by Crippen LogP contribution is -2.27. The van der Waals surface area contributed by atoms with Crippen LogP contribution in [0, 0.1) is 0 Å². The summed E-state index contributed by atoms with van der Waals surface area (Å²) in [5.74, 6) is -0.180. The molecule has 0 aliphatic rings. The van der Waals surface area contributed by atoms with Gasteiger partial charge in [0.05, 0.1) is 11.6 Å². The summed E-state index contributed by atoms with van der Waals surface area (Å²) in [4.78, 5) is 12.2. The number of carbonyl (C=O) groups excluding carboxylic acids is 1. The third kappa shape index (κ3) is 3.54. The molecule has 0 aliphatic heterocycles. The lowest BCUT2D eigenvalue weighted by molar-refractivity contribution is 0.0939. The number of hydrogen-bond donors (Lipinski definition) is 1. The first kappa shape index (κ1) is 15.4. The summed E-state index contributed by atoms with van der Waals surface area (Å²) in [5, 5.41) is 4.13. The molecule has 0 bridgehead atoms. The second-order valence-electron chi connectivity index (χ2n) is 4.34. The first-order valence-corrected chi connectivity index (χ1v) is 7.54. The third-order valence-electron chi connectivity index (χ3n) is 2.90. The van der Waals surface area contributed by atoms with Gasteiger partial charge in [0.25, 0.3) is 5.91 Å². The van der Waals surface area contributed by atoms with E-state index >= 15 is 0 Å². The maximum absolute atomic E-state index is 12.2. The molecular formula is C15H12BrCl2NO. The van der Waals surface area contributed by atoms with Gasteiger partial charge < -0.3 is 5.32 Å². The fraction of sp³-hybridized carbons (Fsp3) is 0.133. The van der Waals surface area contributed by atoms with E-state index in [-0.39, 0.29) is 11.9 Å². The zero-order valence-corrected chi connectivity index (χ0v) is 13.8. The summed E-state index contributed by atoms with van der Waals surface area (Å²) in [6.07, 6.45) is 0. The van der Waals surface area contributed by atoms with Crippen LogP contribution in [0.5, 0.6) is 0 Å². The zero-order chi connectivity index (χ0) is 14.7. The van der Waals surface area contributed by atoms with Crippen molar-refractivity contribution >= 4 is 45.0 Å². The summed E-state index contributed by atoms with van der Waals surface area (Å²) in [6.45, 7) is 1.89. The Morgan fingerprint density at radius 1 is 1.20 bits per heavy atom. The van der Waals surface area contributed by atoms with Crippen molar-refractivity contribution in [2.24, 2.45) is 0 Å². The highest BCUT2D eigenvalue weighted by atomic mass is 79.9. The second kappa shape index (κ2) is 6.61. The van der Waals surface area contributed by atoms with Crippen molar-refractivity contribution in [3.8, 4) is 0 Å². The molecule has 104 valence electrons. The Balaban J connectivity index is 2.17. The van der Waals surface area contributed by atoms with Crippen molar-refractivity contribution in [2.45, 2.75) is 13.0 Å². The van der Waals surface area contributed by atoms with Gasteiger partial charge in [-0.2, -0.15) is 0 Å². The molecule has 1 amide bonds. The molecule has 1 atom stereocenters. The van der Waals surface area contributed by atoms with Crippen LogP contribution < -0.4 is 5.32 Å². The van der Waals surface area contributed by atoms with E-state index in [1.807, 2.05) is 25.1 Å². The highest BCUT2D eigenvalue weighted by molar-refractivity contribution is 9.10. The van der Waals surface area contributed by atoms with Gasteiger partial charge in [0.2, 0.25) is 0 Å². The maximum atomic E-state index is 12.2. The molecule has 0 aliphatic carbocycles. The highest BCUT2D eigenvalue weighted by Crippen LogP contribution is 2.25. The Bertz CT molecular complexity index is 646. The molecule has 0 fully saturated rings. The predicted octanol–water partition coefficient (Wildman–Crippen LogP) is 5.25. The van der Waals surface area contributed by atoms with Crippen LogP contribution >= 0.6 is 39.1 Å². The van der Waals surface area contributed by atoms with Crippen molar-refractivity contribution in [3.63, 3.8) is 0 Å². The molecule has 5 heteroatoms. The van der Waals surface area contributed by atoms with E-state index in [9.17, 15) is 4.79 Å². The minimum atomic E-state index is -0.182. The minimum Gasteiger partial charge on any atom is -0.345 e. The number of benzene rings is 2. The largest absolute Gasteiger partial charge is 0.345 e. The monoisotopic (exact) mass is 371 g/mol. The van der Waals surface area contributed by atoms with Crippen molar-refractivity contribution in [2.75, 3.05) is 0 Å². The Kier molecular flexibility index (Phi) is 5.08. The number of rotatable bonds is 3. The third-order valence-corrected chi connectivity index (χ3v) is 4.13. The van der Waals surface area contributed by atoms with E-state index in [0.29, 0.717) is 20.1 Å². The van der Waals surface area contributed by atoms with Crippen LogP contribution in [-0.4, -0.2) is 5.91 Å². The van der Waals surface area contributed by atoms with Crippen molar-refractivity contribution in [1.29, 1.82) is 0 Å². The molecule has 0 aromatic heterocycles. The Hall–Kier alpha value is -1.03. The zero-order valence-electron chi connectivity index (χ0n) is 10.7. The van der Waals surface area contributed by atoms with Gasteiger partial charge in [0, 0.05) is 14.5 Å². The van der Waals surface area contributed by atoms with Gasteiger partial charge in [-0.05, 0) is 52.7 Å². The van der Waals surface area contributed by atoms with Gasteiger partial charge in [0.15, 0.2) is 0 Å². The molecule has 2 aromatic carbocycles. The fourth-order valence-electron chi connectivity index (χ4n) is 1.85. The number of carbonyl (C=O) groups is 1. The van der Waals surface area contributed by atoms with Crippen molar-refractivity contribution in [1.82, 2.24) is 5.32 Å². The number of hydrogen-bond acceptors (Lipinski definition) is 1. The molecule has 0 saturated carbocycles. The standard InChI is InChI=1S/C15H12BrCl2NO/c1-9(11-4-2-3-5-14(11)18)19-15(20)12-7-6-10(17)8-13(12)16/h2-9H,1H3,(H,19,20). The molecule has 1 N–H and O–H groups in total. The smallest absolute Gasteiger partial charge is 0.252 e. The second-order valence-corrected chi connectivity index (χ2v) is 6.04. The van der Waals surface area contributed by atoms with Crippen LogP contribution in [0.2, 0.25) is 10.0 Å². The highest BCUT2D eigenvalue weighted by Gasteiger charge is 2.15. The molecule has 2 nitrogen and oxygen atoms in total. The van der Waals surface area contributed by atoms with E-state index in [4.69, 9.17) is 23.2 Å². The fourth-order valence-corrected chi connectivity index (χ4v) is 3.01. The molecule has 0 heterocycles. The normalized spacial score (nSPS) is 12.0. The minimum absolute atomic E-state index is 0.180. The summed E-state index contributed by atoms with van der Waals surface area (Å²) < 4.78 is 0.661. The average Bonchev–Trinajstić information content (AvgIpc) is 2.38. The lowest BCUT2D eigenvalue weighted by atomic mass is 10.1. The van der Waals surface area contributed by atoms with Gasteiger partial charge in [-0.15, -0.1) is 0 Å². The molecule has 0 saturated heterocycles. The average molecular weight is 373 g/mol. The molecular weight excluding hydrogens is 361 g/mol. The molecule has 1 unspecified atom stereocenters. The molecule has 2 aromatic rings. The number of nitrogens with one attached hydrogen (secondary N) is 1. The quantitative estimate of drug-likeness (QED) is 0.783. The van der Waals surface area contributed by atoms with Crippen LogP contribution in [0.4, 0.5) is 0 Å². The summed E-state index contributed by atoms with van der Waals surface area (Å²) in [6, 6.07) is 12.3. The summed E-state index contributed by atoms with van der Waals surface area (Å²) in [7, 11) is 0. The molecule has 0 radical (unpaired) electrons. The summed E-state index contributed by atoms with van der Waals surface area (Å²) >= 11 is 15.3. The van der Waals surface area contributed by atoms with Crippen LogP contribution in [0.15, 0.2) is 46.9 Å². The van der Waals surface area contributed by atoms with E-state index in [0.717, 1.165) is 5.56 Å². The van der Waals surface area contributed by atoms with Gasteiger partial charge in [-0.1, -0.05) is 41.4 Å². The Morgan fingerprint density at radius 2 is 1.90 bits per heavy atom. The lowest BCUT2D eigenvalue weighted by Gasteiger charge is -2.16. The van der Waals surface area contributed by atoms with E-state index in [1.54, 1.807) is 24.3 Å². The van der Waals surface area contributed by atoms with E-state index in [1.165, 1.54) is 0 Å². The first-order chi connectivity index (χ1) is 9.49. The summed E-state index contributed by atoms with van der Waals surface area (Å²) in [5.41, 5.74) is 1.42. The molecule has 2 rings (SSSR count). The Morgan fingerprint density at radius 3 is 2.55 bits per heavy atom. The van der Waals surface area contributed by atoms with Gasteiger partial charge in [0.1, 0.15) is 0 Å². The van der Waals surface area contributed by atoms with Crippen LogP contribution in [0.25, 0.3) is 0 Å². The van der Waals surface area contributed by atoms with E-state index < -0.39 is 0 Å². The van der Waals surface area contributed by atoms with Crippen LogP contribution in [0.3, 0.4) is 0 Å². The van der Waals surface area contributed by atoms with Gasteiger partial charge >= 0.3 is 0 Å². The van der Waals surface area contributed by atoms with E-state index in [2.05, 4.69) is 21.2 Å². The van der Waals surface area contributed by atoms with Crippen molar-refractivity contribution < 1.29 is 4.79 Å². The molecule has 20 heavy (non-hydrogen) atoms. The first-order valence-electron chi connectivity index (χ1n) is 5.99. The van der Waals surface area contributed by atoms with Crippen LogP contribution in [0.1, 0.15) is 28.9 Å². The topological polar surface area (TPSA) is 29.1 Å². The molecule has 0 spiro atoms. The van der Waals surface area contributed by atoms with Crippen molar-refractivity contribution in [3.05, 3.63) is 68.1 Å². The maximum Gasteiger partial charge on any atom is 0.252 e. The number of halogens is 3. The Labute approximate surface area is 136 Å².